The Labute approximate surface area is 123 Å². The minimum absolute atomic E-state index is 0.311. The minimum Gasteiger partial charge on any atom is -0.231 e. The monoisotopic (exact) mass is 274 g/mol. The molecule has 0 spiro atoms. The highest BCUT2D eigenvalue weighted by molar-refractivity contribution is 5.76. The first-order valence-electron chi connectivity index (χ1n) is 6.73. The van der Waals surface area contributed by atoms with E-state index in [0.717, 1.165) is 28.2 Å². The van der Waals surface area contributed by atoms with E-state index in [-0.39, 0.29) is 0 Å². The van der Waals surface area contributed by atoms with Gasteiger partial charge in [-0.25, -0.2) is 9.50 Å². The SMILES string of the molecule is Cc1nc2c(C=Cc3ccccc3)ccnn2c1CC#N. The van der Waals surface area contributed by atoms with E-state index in [4.69, 9.17) is 5.26 Å². The third kappa shape index (κ3) is 2.54. The molecule has 4 nitrogen and oxygen atoms in total. The molecule has 0 aliphatic rings. The lowest BCUT2D eigenvalue weighted by Crippen LogP contribution is -1.98. The summed E-state index contributed by atoms with van der Waals surface area (Å²) >= 11 is 0. The number of rotatable bonds is 3. The second-order valence-corrected chi connectivity index (χ2v) is 4.74. The average Bonchev–Trinajstić information content (AvgIpc) is 2.83. The summed E-state index contributed by atoms with van der Waals surface area (Å²) in [4.78, 5) is 4.54. The van der Waals surface area contributed by atoms with E-state index in [9.17, 15) is 0 Å². The van der Waals surface area contributed by atoms with E-state index in [1.54, 1.807) is 10.7 Å². The van der Waals surface area contributed by atoms with Gasteiger partial charge in [0.2, 0.25) is 0 Å². The number of nitriles is 1. The summed E-state index contributed by atoms with van der Waals surface area (Å²) in [6, 6.07) is 14.2. The van der Waals surface area contributed by atoms with Crippen molar-refractivity contribution in [3.8, 4) is 6.07 Å². The maximum Gasteiger partial charge on any atom is 0.161 e. The first-order chi connectivity index (χ1) is 10.3. The minimum atomic E-state index is 0.311. The molecule has 0 aliphatic heterocycles. The molecular weight excluding hydrogens is 260 g/mol. The van der Waals surface area contributed by atoms with Gasteiger partial charge in [-0.2, -0.15) is 10.4 Å². The molecule has 0 atom stereocenters. The van der Waals surface area contributed by atoms with E-state index in [2.05, 4.69) is 16.2 Å². The zero-order chi connectivity index (χ0) is 14.7. The van der Waals surface area contributed by atoms with Crippen LogP contribution >= 0.6 is 0 Å². The normalized spacial score (nSPS) is 11.0. The molecule has 0 aliphatic carbocycles. The number of hydrogen-bond acceptors (Lipinski definition) is 3. The zero-order valence-corrected chi connectivity index (χ0v) is 11.7. The maximum absolute atomic E-state index is 8.91. The van der Waals surface area contributed by atoms with Crippen molar-refractivity contribution in [3.63, 3.8) is 0 Å². The van der Waals surface area contributed by atoms with Crippen LogP contribution in [-0.4, -0.2) is 14.6 Å². The van der Waals surface area contributed by atoms with Crippen molar-refractivity contribution in [2.75, 3.05) is 0 Å². The van der Waals surface area contributed by atoms with Gasteiger partial charge >= 0.3 is 0 Å². The second kappa shape index (κ2) is 5.59. The summed E-state index contributed by atoms with van der Waals surface area (Å²) in [7, 11) is 0. The number of aryl methyl sites for hydroxylation is 1. The predicted molar refractivity (Wildman–Crippen MR) is 82.4 cm³/mol. The molecule has 0 N–H and O–H groups in total. The summed E-state index contributed by atoms with van der Waals surface area (Å²) in [6.45, 7) is 1.91. The van der Waals surface area contributed by atoms with Gasteiger partial charge in [0.25, 0.3) is 0 Å². The quantitative estimate of drug-likeness (QED) is 0.736. The van der Waals surface area contributed by atoms with Crippen molar-refractivity contribution in [1.29, 1.82) is 5.26 Å². The average molecular weight is 274 g/mol. The first-order valence-corrected chi connectivity index (χ1v) is 6.73. The Balaban J connectivity index is 2.06. The lowest BCUT2D eigenvalue weighted by Gasteiger charge is -1.99. The van der Waals surface area contributed by atoms with E-state index < -0.39 is 0 Å². The summed E-state index contributed by atoms with van der Waals surface area (Å²) in [5.74, 6) is 0. The largest absolute Gasteiger partial charge is 0.231 e. The van der Waals surface area contributed by atoms with E-state index in [0.29, 0.717) is 6.42 Å². The number of aromatic nitrogens is 3. The van der Waals surface area contributed by atoms with Crippen LogP contribution in [0.4, 0.5) is 0 Å². The molecule has 0 unspecified atom stereocenters. The fourth-order valence-electron chi connectivity index (χ4n) is 2.28. The van der Waals surface area contributed by atoms with E-state index in [1.165, 1.54) is 0 Å². The third-order valence-electron chi connectivity index (χ3n) is 3.34. The number of benzene rings is 1. The highest BCUT2D eigenvalue weighted by Gasteiger charge is 2.11. The predicted octanol–water partition coefficient (Wildman–Crippen LogP) is 3.27. The summed E-state index contributed by atoms with van der Waals surface area (Å²) < 4.78 is 1.75. The topological polar surface area (TPSA) is 54.0 Å². The molecular formula is C17H14N4. The van der Waals surface area contributed by atoms with Crippen LogP contribution in [0.25, 0.3) is 17.8 Å². The van der Waals surface area contributed by atoms with E-state index >= 15 is 0 Å². The van der Waals surface area contributed by atoms with Gasteiger partial charge < -0.3 is 0 Å². The van der Waals surface area contributed by atoms with Crippen LogP contribution in [0.15, 0.2) is 42.6 Å². The Morgan fingerprint density at radius 2 is 2.00 bits per heavy atom. The fraction of sp³-hybridized carbons (Fsp3) is 0.118. The van der Waals surface area contributed by atoms with Gasteiger partial charge in [0.1, 0.15) is 0 Å². The van der Waals surface area contributed by atoms with Crippen molar-refractivity contribution >= 4 is 17.8 Å². The molecule has 0 radical (unpaired) electrons. The van der Waals surface area contributed by atoms with Crippen molar-refractivity contribution in [2.24, 2.45) is 0 Å². The summed E-state index contributed by atoms with van der Waals surface area (Å²) in [5.41, 5.74) is 4.61. The Hall–Kier alpha value is -2.93. The molecule has 2 heterocycles. The van der Waals surface area contributed by atoms with Gasteiger partial charge in [0, 0.05) is 11.8 Å². The molecule has 0 saturated heterocycles. The van der Waals surface area contributed by atoms with Crippen molar-refractivity contribution in [3.05, 3.63) is 65.1 Å². The van der Waals surface area contributed by atoms with Gasteiger partial charge in [0.15, 0.2) is 5.65 Å². The van der Waals surface area contributed by atoms with Crippen LogP contribution in [0.2, 0.25) is 0 Å². The van der Waals surface area contributed by atoms with Gasteiger partial charge in [-0.1, -0.05) is 42.5 Å². The number of hydrogen-bond donors (Lipinski definition) is 0. The smallest absolute Gasteiger partial charge is 0.161 e. The molecule has 3 aromatic rings. The zero-order valence-electron chi connectivity index (χ0n) is 11.7. The lowest BCUT2D eigenvalue weighted by atomic mass is 10.2. The molecule has 0 saturated carbocycles. The van der Waals surface area contributed by atoms with Crippen molar-refractivity contribution < 1.29 is 0 Å². The fourth-order valence-corrected chi connectivity index (χ4v) is 2.28. The van der Waals surface area contributed by atoms with Crippen LogP contribution in [0.5, 0.6) is 0 Å². The molecule has 0 amide bonds. The Kier molecular flexibility index (Phi) is 3.48. The van der Waals surface area contributed by atoms with Crippen LogP contribution < -0.4 is 0 Å². The van der Waals surface area contributed by atoms with E-state index in [1.807, 2.05) is 55.5 Å². The van der Waals surface area contributed by atoms with Gasteiger partial charge in [-0.15, -0.1) is 0 Å². The number of imidazole rings is 1. The number of nitrogens with zero attached hydrogens (tertiary/aromatic N) is 4. The third-order valence-corrected chi connectivity index (χ3v) is 3.34. The number of fused-ring (bicyclic) bond motifs is 1. The maximum atomic E-state index is 8.91. The van der Waals surface area contributed by atoms with Gasteiger partial charge in [-0.05, 0) is 18.6 Å². The molecule has 4 heteroatoms. The standard InChI is InChI=1S/C17H14N4/c1-13-16(9-11-18)21-17(20-13)15(10-12-19-21)8-7-14-5-3-2-4-6-14/h2-8,10,12H,9H2,1H3. The van der Waals surface area contributed by atoms with Gasteiger partial charge in [0.05, 0.1) is 23.9 Å². The van der Waals surface area contributed by atoms with Crippen LogP contribution in [0.1, 0.15) is 22.5 Å². The lowest BCUT2D eigenvalue weighted by molar-refractivity contribution is 0.874. The molecule has 21 heavy (non-hydrogen) atoms. The van der Waals surface area contributed by atoms with Crippen molar-refractivity contribution in [2.45, 2.75) is 13.3 Å². The molecule has 3 rings (SSSR count). The highest BCUT2D eigenvalue weighted by atomic mass is 15.3. The Morgan fingerprint density at radius 3 is 2.76 bits per heavy atom. The van der Waals surface area contributed by atoms with Crippen molar-refractivity contribution in [1.82, 2.24) is 14.6 Å². The Bertz CT molecular complexity index is 838. The summed E-state index contributed by atoms with van der Waals surface area (Å²) in [6.07, 6.45) is 6.11. The molecule has 0 fully saturated rings. The van der Waals surface area contributed by atoms with Crippen LogP contribution in [-0.2, 0) is 6.42 Å². The molecule has 2 aromatic heterocycles. The first kappa shape index (κ1) is 13.1. The van der Waals surface area contributed by atoms with Crippen LogP contribution in [0.3, 0.4) is 0 Å². The highest BCUT2D eigenvalue weighted by Crippen LogP contribution is 2.17. The summed E-state index contributed by atoms with van der Waals surface area (Å²) in [5, 5.41) is 13.2. The Morgan fingerprint density at radius 1 is 1.19 bits per heavy atom. The molecule has 102 valence electrons. The van der Waals surface area contributed by atoms with Crippen LogP contribution in [0, 0.1) is 18.3 Å². The molecule has 0 bridgehead atoms. The van der Waals surface area contributed by atoms with Gasteiger partial charge in [-0.3, -0.25) is 0 Å². The molecule has 1 aromatic carbocycles. The second-order valence-electron chi connectivity index (χ2n) is 4.74.